The van der Waals surface area contributed by atoms with Crippen molar-refractivity contribution in [3.05, 3.63) is 88.4 Å². The van der Waals surface area contributed by atoms with Crippen LogP contribution < -0.4 is 15.5 Å². The van der Waals surface area contributed by atoms with E-state index in [9.17, 15) is 24.3 Å². The molecule has 0 spiro atoms. The van der Waals surface area contributed by atoms with Crippen LogP contribution in [0.2, 0.25) is 0 Å². The lowest BCUT2D eigenvalue weighted by Gasteiger charge is -2.36. The number of aliphatic hydroxyl groups is 1. The molecule has 15 nitrogen and oxygen atoms in total. The lowest BCUT2D eigenvalue weighted by atomic mass is 10.0. The van der Waals surface area contributed by atoms with E-state index >= 15 is 0 Å². The molecule has 0 aliphatic carbocycles. The Kier molecular flexibility index (Phi) is 8.99. The zero-order chi connectivity index (χ0) is 36.9. The Morgan fingerprint density at radius 2 is 1.72 bits per heavy atom. The molecule has 3 fully saturated rings. The Hall–Kier alpha value is -5.38. The fraction of sp³-hybridized carbons (Fsp3) is 0.436. The summed E-state index contributed by atoms with van der Waals surface area (Å²) < 4.78 is 7.17. The van der Waals surface area contributed by atoms with Gasteiger partial charge in [-0.3, -0.25) is 19.2 Å². The van der Waals surface area contributed by atoms with Crippen molar-refractivity contribution >= 4 is 40.7 Å². The largest absolute Gasteiger partial charge is 0.378 e. The second-order valence-electron chi connectivity index (χ2n) is 14.8. The molecule has 2 atom stereocenters. The van der Waals surface area contributed by atoms with Crippen LogP contribution in [0, 0.1) is 0 Å². The van der Waals surface area contributed by atoms with Gasteiger partial charge in [0.15, 0.2) is 5.65 Å². The van der Waals surface area contributed by atoms with Crippen molar-refractivity contribution in [2.24, 2.45) is 0 Å². The van der Waals surface area contributed by atoms with Crippen LogP contribution in [0.25, 0.3) is 5.65 Å². The van der Waals surface area contributed by atoms with E-state index in [0.29, 0.717) is 80.3 Å². The molecule has 4 amide bonds. The molecule has 3 N–H and O–H groups in total. The summed E-state index contributed by atoms with van der Waals surface area (Å²) in [5.74, 6) is -0.568. The van der Waals surface area contributed by atoms with E-state index in [1.165, 1.54) is 6.20 Å². The summed E-state index contributed by atoms with van der Waals surface area (Å²) in [5.41, 5.74) is 6.68. The van der Waals surface area contributed by atoms with Gasteiger partial charge in [-0.05, 0) is 66.6 Å². The summed E-state index contributed by atoms with van der Waals surface area (Å²) in [7, 11) is 0. The number of hydrogen-bond donors (Lipinski definition) is 3. The quantitative estimate of drug-likeness (QED) is 0.244. The Balaban J connectivity index is 0.835. The number of anilines is 2. The van der Waals surface area contributed by atoms with Crippen LogP contribution in [0.4, 0.5) is 11.4 Å². The van der Waals surface area contributed by atoms with E-state index in [1.807, 2.05) is 29.2 Å². The summed E-state index contributed by atoms with van der Waals surface area (Å²) in [5, 5.41) is 20.4. The van der Waals surface area contributed by atoms with Crippen molar-refractivity contribution in [2.45, 2.75) is 63.5 Å². The predicted octanol–water partition coefficient (Wildman–Crippen LogP) is 2.03. The average Bonchev–Trinajstić information content (AvgIpc) is 3.87. The number of aliphatic hydroxyl groups excluding tert-OH is 1. The third kappa shape index (κ3) is 6.35. The van der Waals surface area contributed by atoms with Gasteiger partial charge in [-0.1, -0.05) is 12.1 Å². The third-order valence-corrected chi connectivity index (χ3v) is 11.6. The first-order valence-corrected chi connectivity index (χ1v) is 18.8. The van der Waals surface area contributed by atoms with Gasteiger partial charge in [-0.15, -0.1) is 0 Å². The van der Waals surface area contributed by atoms with E-state index in [4.69, 9.17) is 4.74 Å². The van der Waals surface area contributed by atoms with Crippen molar-refractivity contribution in [3.63, 3.8) is 0 Å². The molecule has 2 unspecified atom stereocenters. The van der Waals surface area contributed by atoms with Crippen LogP contribution in [0.1, 0.15) is 73.4 Å². The van der Waals surface area contributed by atoms with Gasteiger partial charge in [0.05, 0.1) is 36.8 Å². The highest BCUT2D eigenvalue weighted by atomic mass is 16.5. The summed E-state index contributed by atoms with van der Waals surface area (Å²) in [6.45, 7) is 6.00. The number of nitrogens with zero attached hydrogens (tertiary/aromatic N) is 7. The number of morpholine rings is 1. The van der Waals surface area contributed by atoms with E-state index in [-0.39, 0.29) is 29.7 Å². The molecule has 2 aromatic carbocycles. The van der Waals surface area contributed by atoms with Gasteiger partial charge in [-0.25, -0.2) is 9.50 Å². The fourth-order valence-electron chi connectivity index (χ4n) is 8.67. The van der Waals surface area contributed by atoms with E-state index in [0.717, 1.165) is 61.3 Å². The van der Waals surface area contributed by atoms with Gasteiger partial charge in [0.25, 0.3) is 17.7 Å². The minimum Gasteiger partial charge on any atom is -0.378 e. The van der Waals surface area contributed by atoms with E-state index in [2.05, 4.69) is 36.6 Å². The summed E-state index contributed by atoms with van der Waals surface area (Å²) >= 11 is 0. The first-order valence-electron chi connectivity index (χ1n) is 18.8. The second kappa shape index (κ2) is 14.1. The molecule has 0 bridgehead atoms. The normalized spacial score (nSPS) is 22.2. The summed E-state index contributed by atoms with van der Waals surface area (Å²) in [6, 6.07) is 11.4. The Labute approximate surface area is 311 Å². The molecule has 0 radical (unpaired) electrons. The number of piperidine rings is 2. The molecule has 5 aliphatic heterocycles. The zero-order valence-electron chi connectivity index (χ0n) is 29.9. The Bertz CT molecular complexity index is 2140. The van der Waals surface area contributed by atoms with Crippen molar-refractivity contribution < 1.29 is 29.0 Å². The smallest absolute Gasteiger partial charge is 0.261 e. The monoisotopic (exact) mass is 733 g/mol. The highest BCUT2D eigenvalue weighted by molar-refractivity contribution is 6.10. The van der Waals surface area contributed by atoms with Gasteiger partial charge >= 0.3 is 0 Å². The first-order chi connectivity index (χ1) is 26.3. The van der Waals surface area contributed by atoms with Crippen LogP contribution in [0.3, 0.4) is 0 Å². The number of rotatable bonds is 8. The zero-order valence-corrected chi connectivity index (χ0v) is 29.9. The molecule has 9 rings (SSSR count). The standard InChI is InChI=1S/C39H43N9O6/c49-34-5-4-32(37(51)43-34)47-23-25-18-24(2-3-28(25)38(47)52)6-11-44-12-7-27(8-13-44)46-22-26-19-31(33(20-29(26)39(46)53)45-14-16-54-17-15-45)42-36(50)30-21-41-48-10-1-9-40-35(30)48/h1-3,9-10,18-21,27,32,37,51H,4-8,11-17,22-23H2,(H,42,50)(H,43,49). The van der Waals surface area contributed by atoms with Crippen LogP contribution in [0.15, 0.2) is 55.0 Å². The maximum Gasteiger partial charge on any atom is 0.261 e. The molecule has 15 heteroatoms. The highest BCUT2D eigenvalue weighted by Gasteiger charge is 2.39. The number of likely N-dealkylation sites (tertiary alicyclic amines) is 1. The SMILES string of the molecule is O=C1CCC(N2Cc3cc(CCN4CCC(N5Cc6cc(NC(=O)c7cnn8cccnc78)c(N7CCOCC7)cc6C5=O)CC4)ccc3C2=O)C(O)N1. The predicted molar refractivity (Wildman–Crippen MR) is 197 cm³/mol. The molecule has 2 aromatic heterocycles. The summed E-state index contributed by atoms with van der Waals surface area (Å²) in [6.07, 6.45) is 7.17. The molecule has 7 heterocycles. The van der Waals surface area contributed by atoms with Crippen molar-refractivity contribution in [3.8, 4) is 0 Å². The maximum atomic E-state index is 14.0. The van der Waals surface area contributed by atoms with Crippen molar-refractivity contribution in [2.75, 3.05) is 56.2 Å². The molecule has 4 aromatic rings. The van der Waals surface area contributed by atoms with Crippen LogP contribution in [0.5, 0.6) is 0 Å². The van der Waals surface area contributed by atoms with Gasteiger partial charge in [-0.2, -0.15) is 5.10 Å². The highest BCUT2D eigenvalue weighted by Crippen LogP contribution is 2.37. The van der Waals surface area contributed by atoms with Crippen LogP contribution in [-0.4, -0.2) is 122 Å². The number of aromatic nitrogens is 3. The lowest BCUT2D eigenvalue weighted by molar-refractivity contribution is -0.129. The molecular weight excluding hydrogens is 690 g/mol. The Morgan fingerprint density at radius 3 is 2.54 bits per heavy atom. The van der Waals surface area contributed by atoms with Crippen molar-refractivity contribution in [1.29, 1.82) is 0 Å². The fourth-order valence-corrected chi connectivity index (χ4v) is 8.67. The molecular formula is C39H43N9O6. The number of hydrogen-bond acceptors (Lipinski definition) is 10. The second-order valence-corrected chi connectivity index (χ2v) is 14.8. The van der Waals surface area contributed by atoms with Crippen molar-refractivity contribution in [1.82, 2.24) is 34.6 Å². The average molecular weight is 734 g/mol. The van der Waals surface area contributed by atoms with Gasteiger partial charge in [0.1, 0.15) is 11.8 Å². The number of ether oxygens (including phenoxy) is 1. The van der Waals surface area contributed by atoms with Crippen LogP contribution >= 0.6 is 0 Å². The van der Waals surface area contributed by atoms with E-state index in [1.54, 1.807) is 27.9 Å². The van der Waals surface area contributed by atoms with Gasteiger partial charge in [0, 0.05) is 81.8 Å². The van der Waals surface area contributed by atoms with E-state index < -0.39 is 12.3 Å². The number of amides is 4. The Morgan fingerprint density at radius 1 is 0.944 bits per heavy atom. The molecule has 5 aliphatic rings. The van der Waals surface area contributed by atoms with Crippen LogP contribution in [-0.2, 0) is 29.0 Å². The number of benzene rings is 2. The summed E-state index contributed by atoms with van der Waals surface area (Å²) in [4.78, 5) is 65.0. The van der Waals surface area contributed by atoms with Gasteiger partial charge in [0.2, 0.25) is 5.91 Å². The first kappa shape index (κ1) is 34.4. The minimum absolute atomic E-state index is 0.0347. The number of nitrogens with one attached hydrogen (secondary N) is 2. The molecule has 54 heavy (non-hydrogen) atoms. The number of carbonyl (C=O) groups is 4. The maximum absolute atomic E-state index is 14.0. The molecule has 0 saturated carbocycles. The third-order valence-electron chi connectivity index (χ3n) is 11.6. The number of carbonyl (C=O) groups excluding carboxylic acids is 4. The lowest BCUT2D eigenvalue weighted by Crippen LogP contribution is -2.55. The minimum atomic E-state index is -1.05. The molecule has 3 saturated heterocycles. The topological polar surface area (TPSA) is 165 Å². The number of fused-ring (bicyclic) bond motifs is 3. The molecule has 280 valence electrons. The van der Waals surface area contributed by atoms with Gasteiger partial charge < -0.3 is 40.1 Å².